The summed E-state index contributed by atoms with van der Waals surface area (Å²) in [7, 11) is 0. The maximum Gasteiger partial charge on any atom is 0.331 e. The second-order valence-corrected chi connectivity index (χ2v) is 11.1. The van der Waals surface area contributed by atoms with Crippen molar-refractivity contribution in [1.29, 1.82) is 0 Å². The van der Waals surface area contributed by atoms with Gasteiger partial charge in [-0.25, -0.2) is 35.9 Å². The standard InChI is InChI=1S/C36H22F10N2O6/c1-3-18-9-5-6-10-19(18)14-48(20-11-7-4-8-17(20)2)22(50)13-12-21(49)47(15-23(51)53-35-31(43)27(39)25(37)28(40)32(35)44)16-24(52)54-36-33(45)29(41)26(38)30(42)34(36)46/h1,4-11H,12-16H2,2H3. The summed E-state index contributed by atoms with van der Waals surface area (Å²) in [4.78, 5) is 53.7. The number of anilines is 1. The number of terminal acetylenes is 1. The molecule has 2 amide bonds. The number of carbonyl (C=O) groups is 4. The number of para-hydroxylation sites is 1. The van der Waals surface area contributed by atoms with E-state index in [2.05, 4.69) is 15.4 Å². The molecule has 0 fully saturated rings. The molecule has 282 valence electrons. The molecule has 0 spiro atoms. The summed E-state index contributed by atoms with van der Waals surface area (Å²) in [5.74, 6) is -33.5. The van der Waals surface area contributed by atoms with Crippen LogP contribution in [0.3, 0.4) is 0 Å². The van der Waals surface area contributed by atoms with Crippen molar-refractivity contribution in [2.45, 2.75) is 26.3 Å². The zero-order chi connectivity index (χ0) is 40.0. The van der Waals surface area contributed by atoms with Crippen molar-refractivity contribution in [2.75, 3.05) is 18.0 Å². The highest BCUT2D eigenvalue weighted by atomic mass is 19.2. The molecule has 0 saturated heterocycles. The van der Waals surface area contributed by atoms with E-state index in [0.29, 0.717) is 22.4 Å². The lowest BCUT2D eigenvalue weighted by Crippen LogP contribution is -2.42. The predicted molar refractivity (Wildman–Crippen MR) is 166 cm³/mol. The minimum Gasteiger partial charge on any atom is -0.419 e. The lowest BCUT2D eigenvalue weighted by molar-refractivity contribution is -0.147. The first-order chi connectivity index (χ1) is 25.5. The van der Waals surface area contributed by atoms with Gasteiger partial charge in [0.2, 0.25) is 81.5 Å². The van der Waals surface area contributed by atoms with Gasteiger partial charge in [0.15, 0.2) is 0 Å². The average Bonchev–Trinajstić information content (AvgIpc) is 3.16. The first kappa shape index (κ1) is 40.4. The van der Waals surface area contributed by atoms with Gasteiger partial charge in [-0.2, -0.15) is 17.6 Å². The lowest BCUT2D eigenvalue weighted by atomic mass is 10.1. The quantitative estimate of drug-likeness (QED) is 0.0397. The van der Waals surface area contributed by atoms with E-state index < -0.39 is 119 Å². The number of carbonyl (C=O) groups excluding carboxylic acids is 4. The molecule has 8 nitrogen and oxygen atoms in total. The third kappa shape index (κ3) is 8.62. The molecular formula is C36H22F10N2O6. The van der Waals surface area contributed by atoms with Gasteiger partial charge in [-0.15, -0.1) is 6.42 Å². The van der Waals surface area contributed by atoms with Crippen molar-refractivity contribution in [3.05, 3.63) is 123 Å². The van der Waals surface area contributed by atoms with E-state index in [0.717, 1.165) is 0 Å². The Bertz CT molecular complexity index is 2060. The van der Waals surface area contributed by atoms with Gasteiger partial charge in [0.05, 0.1) is 6.54 Å². The van der Waals surface area contributed by atoms with E-state index in [1.54, 1.807) is 55.5 Å². The smallest absolute Gasteiger partial charge is 0.331 e. The van der Waals surface area contributed by atoms with Gasteiger partial charge in [-0.3, -0.25) is 9.59 Å². The van der Waals surface area contributed by atoms with Crippen LogP contribution < -0.4 is 14.4 Å². The molecule has 4 aromatic carbocycles. The van der Waals surface area contributed by atoms with Gasteiger partial charge >= 0.3 is 11.9 Å². The van der Waals surface area contributed by atoms with Crippen LogP contribution in [0.4, 0.5) is 49.6 Å². The van der Waals surface area contributed by atoms with Crippen LogP contribution in [0.25, 0.3) is 0 Å². The summed E-state index contributed by atoms with van der Waals surface area (Å²) in [6.07, 6.45) is 3.98. The van der Waals surface area contributed by atoms with Crippen LogP contribution in [0.15, 0.2) is 48.5 Å². The van der Waals surface area contributed by atoms with Crippen molar-refractivity contribution >= 4 is 29.4 Å². The Morgan fingerprint density at radius 3 is 1.46 bits per heavy atom. The normalized spacial score (nSPS) is 10.8. The SMILES string of the molecule is C#Cc1ccccc1CN(C(=O)CCC(=O)N(CC(=O)Oc1c(F)c(F)c(F)c(F)c1F)CC(=O)Oc1c(F)c(F)c(F)c(F)c1F)c1ccccc1C. The van der Waals surface area contributed by atoms with Gasteiger partial charge in [-0.1, -0.05) is 42.3 Å². The molecule has 0 aliphatic rings. The van der Waals surface area contributed by atoms with Crippen LogP contribution >= 0.6 is 0 Å². The van der Waals surface area contributed by atoms with Crippen LogP contribution in [-0.4, -0.2) is 41.7 Å². The van der Waals surface area contributed by atoms with E-state index in [9.17, 15) is 63.1 Å². The van der Waals surface area contributed by atoms with Gasteiger partial charge in [0, 0.05) is 24.1 Å². The van der Waals surface area contributed by atoms with Gasteiger partial charge < -0.3 is 19.3 Å². The maximum absolute atomic E-state index is 14.2. The predicted octanol–water partition coefficient (Wildman–Crippen LogP) is 6.72. The first-order valence-corrected chi connectivity index (χ1v) is 15.1. The molecule has 4 aromatic rings. The number of ether oxygens (including phenoxy) is 2. The molecule has 0 saturated carbocycles. The fourth-order valence-corrected chi connectivity index (χ4v) is 4.84. The highest BCUT2D eigenvalue weighted by molar-refractivity contribution is 5.97. The number of amides is 2. The fourth-order valence-electron chi connectivity index (χ4n) is 4.84. The third-order valence-electron chi connectivity index (χ3n) is 7.52. The van der Waals surface area contributed by atoms with E-state index in [4.69, 9.17) is 6.42 Å². The molecule has 4 rings (SSSR count). The largest absolute Gasteiger partial charge is 0.419 e. The van der Waals surface area contributed by atoms with Crippen molar-refractivity contribution < 1.29 is 72.6 Å². The summed E-state index contributed by atoms with van der Waals surface area (Å²) >= 11 is 0. The summed E-state index contributed by atoms with van der Waals surface area (Å²) in [5, 5.41) is 0. The third-order valence-corrected chi connectivity index (χ3v) is 7.52. The van der Waals surface area contributed by atoms with Gasteiger partial charge in [-0.05, 0) is 30.2 Å². The van der Waals surface area contributed by atoms with E-state index in [-0.39, 0.29) is 11.4 Å². The van der Waals surface area contributed by atoms with Crippen LogP contribution in [-0.2, 0) is 25.7 Å². The molecule has 0 atom stereocenters. The minimum atomic E-state index is -2.61. The zero-order valence-electron chi connectivity index (χ0n) is 27.4. The Kier molecular flexibility index (Phi) is 12.7. The lowest BCUT2D eigenvalue weighted by Gasteiger charge is -2.26. The average molecular weight is 769 g/mol. The molecule has 0 heterocycles. The number of halogens is 10. The summed E-state index contributed by atoms with van der Waals surface area (Å²) in [6, 6.07) is 13.1. The Morgan fingerprint density at radius 2 is 1.00 bits per heavy atom. The number of hydrogen-bond acceptors (Lipinski definition) is 6. The summed E-state index contributed by atoms with van der Waals surface area (Å²) < 4.78 is 147. The molecule has 0 aliphatic heterocycles. The zero-order valence-corrected chi connectivity index (χ0v) is 27.4. The topological polar surface area (TPSA) is 93.2 Å². The second kappa shape index (κ2) is 17.0. The van der Waals surface area contributed by atoms with E-state index in [1.165, 1.54) is 4.90 Å². The Morgan fingerprint density at radius 1 is 0.593 bits per heavy atom. The number of aryl methyl sites for hydroxylation is 1. The molecular weight excluding hydrogens is 746 g/mol. The molecule has 0 N–H and O–H groups in total. The monoisotopic (exact) mass is 768 g/mol. The van der Waals surface area contributed by atoms with Crippen molar-refractivity contribution in [2.24, 2.45) is 0 Å². The molecule has 54 heavy (non-hydrogen) atoms. The number of rotatable bonds is 12. The van der Waals surface area contributed by atoms with Crippen LogP contribution in [0, 0.1) is 77.4 Å². The second-order valence-electron chi connectivity index (χ2n) is 11.1. The Labute approximate surface area is 298 Å². The minimum absolute atomic E-state index is 0.0990. The van der Waals surface area contributed by atoms with Crippen molar-refractivity contribution in [3.8, 4) is 23.8 Å². The van der Waals surface area contributed by atoms with Crippen LogP contribution in [0.5, 0.6) is 11.5 Å². The fraction of sp³-hybridized carbons (Fsp3) is 0.167. The maximum atomic E-state index is 14.2. The Balaban J connectivity index is 1.62. The number of benzene rings is 4. The molecule has 0 unspecified atom stereocenters. The number of hydrogen-bond donors (Lipinski definition) is 0. The summed E-state index contributed by atoms with van der Waals surface area (Å²) in [6.45, 7) is -1.63. The molecule has 0 bridgehead atoms. The first-order valence-electron chi connectivity index (χ1n) is 15.1. The Hall–Kier alpha value is -6.38. The molecule has 18 heteroatoms. The van der Waals surface area contributed by atoms with Crippen molar-refractivity contribution in [3.63, 3.8) is 0 Å². The highest BCUT2D eigenvalue weighted by Crippen LogP contribution is 2.31. The molecule has 0 aliphatic carbocycles. The number of nitrogens with zero attached hydrogens (tertiary/aromatic N) is 2. The van der Waals surface area contributed by atoms with Gasteiger partial charge in [0.25, 0.3) is 0 Å². The highest BCUT2D eigenvalue weighted by Gasteiger charge is 2.32. The summed E-state index contributed by atoms with van der Waals surface area (Å²) in [5.41, 5.74) is 1.90. The van der Waals surface area contributed by atoms with E-state index >= 15 is 0 Å². The van der Waals surface area contributed by atoms with Crippen LogP contribution in [0.2, 0.25) is 0 Å². The van der Waals surface area contributed by atoms with Crippen LogP contribution in [0.1, 0.15) is 29.5 Å². The van der Waals surface area contributed by atoms with Gasteiger partial charge in [0.1, 0.15) is 13.1 Å². The molecule has 0 radical (unpaired) electrons. The van der Waals surface area contributed by atoms with E-state index in [1.807, 2.05) is 0 Å². The van der Waals surface area contributed by atoms with Crippen molar-refractivity contribution in [1.82, 2.24) is 4.90 Å². The number of esters is 2. The molecule has 0 aromatic heterocycles.